The third-order valence-electron chi connectivity index (χ3n) is 6.17. The van der Waals surface area contributed by atoms with Gasteiger partial charge in [-0.3, -0.25) is 0 Å². The average molecular weight is 303 g/mol. The molecule has 3 rings (SSSR count). The van der Waals surface area contributed by atoms with E-state index in [2.05, 4.69) is 35.8 Å². The zero-order valence-corrected chi connectivity index (χ0v) is 14.4. The van der Waals surface area contributed by atoms with E-state index in [0.717, 1.165) is 25.2 Å². The molecule has 0 aromatic rings. The molecule has 0 aliphatic heterocycles. The van der Waals surface area contributed by atoms with Crippen LogP contribution in [0.15, 0.2) is 23.8 Å². The number of allylic oxidation sites excluding steroid dienone is 2. The quantitative estimate of drug-likeness (QED) is 0.763. The molecule has 3 aliphatic carbocycles. The second-order valence-corrected chi connectivity index (χ2v) is 7.80. The molecule has 0 amide bonds. The van der Waals surface area contributed by atoms with Crippen molar-refractivity contribution in [1.82, 2.24) is 10.6 Å². The summed E-state index contributed by atoms with van der Waals surface area (Å²) in [6.45, 7) is 4.53. The van der Waals surface area contributed by atoms with Crippen molar-refractivity contribution in [3.05, 3.63) is 23.8 Å². The standard InChI is InChI=1S/C20H34N2/c1-17-9-8-14-20(17,15-21-18-10-4-2-5-11-18)16-22-19-12-6-3-7-13-19/h8-9,14,18-19,21-22H,2-7,10-13,15-16H2,1H3. The van der Waals surface area contributed by atoms with E-state index in [1.54, 1.807) is 0 Å². The van der Waals surface area contributed by atoms with Crippen LogP contribution in [0.2, 0.25) is 0 Å². The summed E-state index contributed by atoms with van der Waals surface area (Å²) in [6.07, 6.45) is 21.0. The fourth-order valence-electron chi connectivity index (χ4n) is 4.40. The molecular formula is C20H34N2. The van der Waals surface area contributed by atoms with Gasteiger partial charge in [0.05, 0.1) is 0 Å². The second kappa shape index (κ2) is 7.79. The van der Waals surface area contributed by atoms with Gasteiger partial charge in [-0.25, -0.2) is 0 Å². The summed E-state index contributed by atoms with van der Waals surface area (Å²) in [4.78, 5) is 0. The zero-order chi connectivity index (χ0) is 15.3. The lowest BCUT2D eigenvalue weighted by Crippen LogP contribution is -2.47. The van der Waals surface area contributed by atoms with E-state index < -0.39 is 0 Å². The highest BCUT2D eigenvalue weighted by Crippen LogP contribution is 2.33. The summed E-state index contributed by atoms with van der Waals surface area (Å²) in [5.74, 6) is 0. The molecule has 0 unspecified atom stereocenters. The SMILES string of the molecule is CC1=CC=CC1(CNC1CCCCC1)CNC1CCCCC1. The Morgan fingerprint density at radius 2 is 1.36 bits per heavy atom. The van der Waals surface area contributed by atoms with Crippen molar-refractivity contribution in [2.75, 3.05) is 13.1 Å². The van der Waals surface area contributed by atoms with E-state index >= 15 is 0 Å². The molecule has 0 aromatic heterocycles. The summed E-state index contributed by atoms with van der Waals surface area (Å²) >= 11 is 0. The van der Waals surface area contributed by atoms with Crippen LogP contribution in [-0.4, -0.2) is 25.2 Å². The molecule has 0 saturated heterocycles. The van der Waals surface area contributed by atoms with Gasteiger partial charge in [0.25, 0.3) is 0 Å². The van der Waals surface area contributed by atoms with Gasteiger partial charge in [0.15, 0.2) is 0 Å². The Morgan fingerprint density at radius 3 is 1.77 bits per heavy atom. The van der Waals surface area contributed by atoms with Gasteiger partial charge in [-0.1, -0.05) is 62.3 Å². The molecule has 22 heavy (non-hydrogen) atoms. The van der Waals surface area contributed by atoms with Gasteiger partial charge in [-0.15, -0.1) is 0 Å². The highest BCUT2D eigenvalue weighted by atomic mass is 15.0. The largest absolute Gasteiger partial charge is 0.313 e. The molecule has 124 valence electrons. The Hall–Kier alpha value is -0.600. The molecule has 0 heterocycles. The topological polar surface area (TPSA) is 24.1 Å². The molecule has 2 saturated carbocycles. The van der Waals surface area contributed by atoms with Crippen LogP contribution in [0.3, 0.4) is 0 Å². The van der Waals surface area contributed by atoms with Crippen LogP contribution in [-0.2, 0) is 0 Å². The van der Waals surface area contributed by atoms with Crippen molar-refractivity contribution in [3.8, 4) is 0 Å². The third-order valence-corrected chi connectivity index (χ3v) is 6.17. The van der Waals surface area contributed by atoms with Gasteiger partial charge in [-0.05, 0) is 32.6 Å². The van der Waals surface area contributed by atoms with Crippen LogP contribution in [0, 0.1) is 5.41 Å². The number of hydrogen-bond acceptors (Lipinski definition) is 2. The molecular weight excluding hydrogens is 268 g/mol. The Labute approximate surface area is 136 Å². The molecule has 2 heteroatoms. The molecule has 3 aliphatic rings. The molecule has 0 aromatic carbocycles. The first-order valence-corrected chi connectivity index (χ1v) is 9.62. The summed E-state index contributed by atoms with van der Waals surface area (Å²) in [7, 11) is 0. The third kappa shape index (κ3) is 4.02. The molecule has 0 radical (unpaired) electrons. The number of hydrogen-bond donors (Lipinski definition) is 2. The summed E-state index contributed by atoms with van der Waals surface area (Å²) in [6, 6.07) is 1.50. The van der Waals surface area contributed by atoms with E-state index in [4.69, 9.17) is 0 Å². The molecule has 0 spiro atoms. The maximum atomic E-state index is 3.89. The fourth-order valence-corrected chi connectivity index (χ4v) is 4.40. The van der Waals surface area contributed by atoms with Crippen LogP contribution in [0.5, 0.6) is 0 Å². The van der Waals surface area contributed by atoms with Crippen LogP contribution in [0.4, 0.5) is 0 Å². The summed E-state index contributed by atoms with van der Waals surface area (Å²) in [5.41, 5.74) is 1.74. The molecule has 2 fully saturated rings. The Balaban J connectivity index is 1.53. The minimum Gasteiger partial charge on any atom is -0.313 e. The van der Waals surface area contributed by atoms with Gasteiger partial charge in [0.2, 0.25) is 0 Å². The predicted octanol–water partition coefficient (Wildman–Crippen LogP) is 4.33. The number of rotatable bonds is 6. The van der Waals surface area contributed by atoms with E-state index in [1.807, 2.05) is 0 Å². The summed E-state index contributed by atoms with van der Waals surface area (Å²) < 4.78 is 0. The second-order valence-electron chi connectivity index (χ2n) is 7.80. The van der Waals surface area contributed by atoms with Gasteiger partial charge in [-0.2, -0.15) is 0 Å². The molecule has 0 atom stereocenters. The minimum absolute atomic E-state index is 0.217. The van der Waals surface area contributed by atoms with E-state index in [-0.39, 0.29) is 5.41 Å². The van der Waals surface area contributed by atoms with Crippen LogP contribution in [0.1, 0.15) is 71.1 Å². The van der Waals surface area contributed by atoms with E-state index in [9.17, 15) is 0 Å². The first-order chi connectivity index (χ1) is 10.8. The van der Waals surface area contributed by atoms with Crippen molar-refractivity contribution in [1.29, 1.82) is 0 Å². The van der Waals surface area contributed by atoms with Gasteiger partial charge in [0.1, 0.15) is 0 Å². The zero-order valence-electron chi connectivity index (χ0n) is 14.4. The van der Waals surface area contributed by atoms with Crippen molar-refractivity contribution in [3.63, 3.8) is 0 Å². The number of nitrogens with one attached hydrogen (secondary N) is 2. The van der Waals surface area contributed by atoms with Crippen molar-refractivity contribution in [2.24, 2.45) is 5.41 Å². The van der Waals surface area contributed by atoms with Crippen LogP contribution >= 0.6 is 0 Å². The first-order valence-electron chi connectivity index (χ1n) is 9.62. The lowest BCUT2D eigenvalue weighted by atomic mass is 9.81. The van der Waals surface area contributed by atoms with E-state index in [1.165, 1.54) is 69.8 Å². The van der Waals surface area contributed by atoms with Crippen molar-refractivity contribution >= 4 is 0 Å². The fraction of sp³-hybridized carbons (Fsp3) is 0.800. The molecule has 2 N–H and O–H groups in total. The van der Waals surface area contributed by atoms with Gasteiger partial charge < -0.3 is 10.6 Å². The Bertz CT molecular complexity index is 376. The highest BCUT2D eigenvalue weighted by Gasteiger charge is 2.33. The lowest BCUT2D eigenvalue weighted by Gasteiger charge is -2.35. The Kier molecular flexibility index (Phi) is 5.76. The monoisotopic (exact) mass is 302 g/mol. The van der Waals surface area contributed by atoms with Crippen molar-refractivity contribution in [2.45, 2.75) is 83.2 Å². The smallest absolute Gasteiger partial charge is 0.0344 e. The first kappa shape index (κ1) is 16.3. The van der Waals surface area contributed by atoms with Crippen LogP contribution in [0.25, 0.3) is 0 Å². The molecule has 2 nitrogen and oxygen atoms in total. The van der Waals surface area contributed by atoms with E-state index in [0.29, 0.717) is 0 Å². The van der Waals surface area contributed by atoms with Crippen LogP contribution < -0.4 is 10.6 Å². The van der Waals surface area contributed by atoms with Gasteiger partial charge in [0, 0.05) is 30.6 Å². The lowest BCUT2D eigenvalue weighted by molar-refractivity contribution is 0.294. The van der Waals surface area contributed by atoms with Gasteiger partial charge >= 0.3 is 0 Å². The average Bonchev–Trinajstić information content (AvgIpc) is 2.94. The maximum Gasteiger partial charge on any atom is 0.0344 e. The molecule has 0 bridgehead atoms. The predicted molar refractivity (Wildman–Crippen MR) is 95.1 cm³/mol. The van der Waals surface area contributed by atoms with Crippen molar-refractivity contribution < 1.29 is 0 Å². The minimum atomic E-state index is 0.217. The summed E-state index contributed by atoms with van der Waals surface area (Å²) in [5, 5.41) is 7.78. The normalized spacial score (nSPS) is 26.3. The Morgan fingerprint density at radius 1 is 0.864 bits per heavy atom. The highest BCUT2D eigenvalue weighted by molar-refractivity contribution is 5.34. The maximum absolute atomic E-state index is 3.89.